The van der Waals surface area contributed by atoms with E-state index in [4.69, 9.17) is 0 Å². The molecule has 0 atom stereocenters. The molecule has 3 aromatic rings. The van der Waals surface area contributed by atoms with Crippen LogP contribution in [0.25, 0.3) is 11.1 Å². The van der Waals surface area contributed by atoms with Crippen LogP contribution in [0.15, 0.2) is 47.4 Å². The molecule has 0 aliphatic heterocycles. The van der Waals surface area contributed by atoms with Crippen LogP contribution in [-0.2, 0) is 16.2 Å². The number of ether oxygens (including phenoxy) is 2. The number of benzene rings is 3. The first-order chi connectivity index (χ1) is 15.8. The minimum Gasteiger partial charge on any atom is -0.496 e. The number of sulfonamides is 1. The van der Waals surface area contributed by atoms with Crippen LogP contribution in [0.1, 0.15) is 5.56 Å². The van der Waals surface area contributed by atoms with Crippen molar-refractivity contribution in [1.29, 1.82) is 0 Å². The van der Waals surface area contributed by atoms with Crippen molar-refractivity contribution in [1.82, 2.24) is 0 Å². The Labute approximate surface area is 188 Å². The zero-order valence-electron chi connectivity index (χ0n) is 17.2. The minimum absolute atomic E-state index is 0.437. The molecule has 0 aliphatic carbocycles. The lowest BCUT2D eigenvalue weighted by molar-refractivity contribution is -0.139. The Morgan fingerprint density at radius 2 is 1.29 bits per heavy atom. The predicted octanol–water partition coefficient (Wildman–Crippen LogP) is 5.75. The van der Waals surface area contributed by atoms with E-state index < -0.39 is 78.2 Å². The normalized spacial score (nSPS) is 11.9. The zero-order chi connectivity index (χ0) is 25.4. The molecule has 1 N–H and O–H groups in total. The molecule has 0 spiro atoms. The van der Waals surface area contributed by atoms with Crippen molar-refractivity contribution in [3.63, 3.8) is 0 Å². The van der Waals surface area contributed by atoms with Crippen molar-refractivity contribution in [2.45, 2.75) is 11.1 Å². The first kappa shape index (κ1) is 25.1. The second-order valence-electron chi connectivity index (χ2n) is 6.68. The number of hydrogen-bond donors (Lipinski definition) is 1. The SMILES string of the molecule is COc1cc(-c2c(F)c(F)c(F)c(F)c2NS(=O)(=O)c2ccccc2)cc(OC)c1C(F)(F)F. The lowest BCUT2D eigenvalue weighted by Crippen LogP contribution is -2.17. The smallest absolute Gasteiger partial charge is 0.423 e. The average Bonchev–Trinajstić information content (AvgIpc) is 2.80. The summed E-state index contributed by atoms with van der Waals surface area (Å²) in [5.41, 5.74) is -4.69. The van der Waals surface area contributed by atoms with E-state index in [-0.39, 0.29) is 0 Å². The molecule has 3 aromatic carbocycles. The van der Waals surface area contributed by atoms with Gasteiger partial charge in [0, 0.05) is 5.56 Å². The van der Waals surface area contributed by atoms with E-state index in [9.17, 15) is 39.2 Å². The van der Waals surface area contributed by atoms with E-state index >= 15 is 0 Å². The van der Waals surface area contributed by atoms with Gasteiger partial charge in [-0.15, -0.1) is 0 Å². The van der Waals surface area contributed by atoms with Gasteiger partial charge in [0.25, 0.3) is 10.0 Å². The van der Waals surface area contributed by atoms with Crippen LogP contribution in [0.3, 0.4) is 0 Å². The summed E-state index contributed by atoms with van der Waals surface area (Å²) in [6.45, 7) is 0. The summed E-state index contributed by atoms with van der Waals surface area (Å²) in [5, 5.41) is 0. The Morgan fingerprint density at radius 1 is 0.794 bits per heavy atom. The molecule has 34 heavy (non-hydrogen) atoms. The fourth-order valence-electron chi connectivity index (χ4n) is 3.13. The van der Waals surface area contributed by atoms with Crippen molar-refractivity contribution in [3.05, 3.63) is 71.3 Å². The largest absolute Gasteiger partial charge is 0.496 e. The van der Waals surface area contributed by atoms with Gasteiger partial charge < -0.3 is 9.47 Å². The number of alkyl halides is 3. The summed E-state index contributed by atoms with van der Waals surface area (Å²) in [6, 6.07) is 7.36. The number of rotatable bonds is 6. The fraction of sp³-hybridized carbons (Fsp3) is 0.143. The molecule has 13 heteroatoms. The summed E-state index contributed by atoms with van der Waals surface area (Å²) in [5.74, 6) is -10.7. The molecular weight excluding hydrogens is 495 g/mol. The van der Waals surface area contributed by atoms with Gasteiger partial charge in [0.15, 0.2) is 23.3 Å². The van der Waals surface area contributed by atoms with Gasteiger partial charge >= 0.3 is 6.18 Å². The molecule has 0 bridgehead atoms. The van der Waals surface area contributed by atoms with Crippen molar-refractivity contribution < 1.29 is 48.6 Å². The highest BCUT2D eigenvalue weighted by molar-refractivity contribution is 7.92. The zero-order valence-corrected chi connectivity index (χ0v) is 18.0. The third-order valence-corrected chi connectivity index (χ3v) is 6.00. The first-order valence-corrected chi connectivity index (χ1v) is 10.6. The second-order valence-corrected chi connectivity index (χ2v) is 8.36. The molecule has 0 fully saturated rings. The van der Waals surface area contributed by atoms with Gasteiger partial charge in [-0.05, 0) is 29.8 Å². The van der Waals surface area contributed by atoms with E-state index in [1.807, 2.05) is 0 Å². The van der Waals surface area contributed by atoms with Crippen LogP contribution < -0.4 is 14.2 Å². The molecule has 182 valence electrons. The standard InChI is InChI=1S/C21H14F7NO4S/c1-32-12-8-10(9-13(33-2)15(12)21(26,27)28)14-16(22)17(23)18(24)19(25)20(14)29-34(30,31)11-6-4-3-5-7-11/h3-9,29H,1-2H3. The van der Waals surface area contributed by atoms with Crippen LogP contribution in [-0.4, -0.2) is 22.6 Å². The summed E-state index contributed by atoms with van der Waals surface area (Å²) in [7, 11) is -2.98. The third-order valence-electron chi connectivity index (χ3n) is 4.63. The number of anilines is 1. The summed E-state index contributed by atoms with van der Waals surface area (Å²) < 4.78 is 134. The molecule has 0 saturated heterocycles. The Hall–Kier alpha value is -3.48. The van der Waals surface area contributed by atoms with Gasteiger partial charge in [0.2, 0.25) is 0 Å². The van der Waals surface area contributed by atoms with E-state index in [2.05, 4.69) is 9.47 Å². The Balaban J connectivity index is 2.36. The molecule has 0 aromatic heterocycles. The van der Waals surface area contributed by atoms with Gasteiger partial charge in [-0.25, -0.2) is 26.0 Å². The molecule has 0 saturated carbocycles. The quantitative estimate of drug-likeness (QED) is 0.261. The Kier molecular flexibility index (Phi) is 6.69. The highest BCUT2D eigenvalue weighted by atomic mass is 32.2. The first-order valence-electron chi connectivity index (χ1n) is 9.10. The van der Waals surface area contributed by atoms with Crippen LogP contribution in [0, 0.1) is 23.3 Å². The van der Waals surface area contributed by atoms with Crippen molar-refractivity contribution in [2.24, 2.45) is 0 Å². The van der Waals surface area contributed by atoms with Crippen molar-refractivity contribution in [2.75, 3.05) is 18.9 Å². The minimum atomic E-state index is -5.01. The summed E-state index contributed by atoms with van der Waals surface area (Å²) >= 11 is 0. The van der Waals surface area contributed by atoms with E-state index in [1.165, 1.54) is 18.2 Å². The van der Waals surface area contributed by atoms with Gasteiger partial charge in [-0.3, -0.25) is 4.72 Å². The number of halogens is 7. The van der Waals surface area contributed by atoms with Crippen LogP contribution in [0.2, 0.25) is 0 Å². The van der Waals surface area contributed by atoms with Crippen LogP contribution >= 0.6 is 0 Å². The predicted molar refractivity (Wildman–Crippen MR) is 107 cm³/mol. The topological polar surface area (TPSA) is 64.6 Å². The molecular formula is C21H14F7NO4S. The monoisotopic (exact) mass is 509 g/mol. The lowest BCUT2D eigenvalue weighted by atomic mass is 9.99. The Bertz CT molecular complexity index is 1320. The Morgan fingerprint density at radius 3 is 1.76 bits per heavy atom. The molecule has 5 nitrogen and oxygen atoms in total. The summed E-state index contributed by atoms with van der Waals surface area (Å²) in [6.07, 6.45) is -5.01. The molecule has 0 aliphatic rings. The molecule has 0 radical (unpaired) electrons. The van der Waals surface area contributed by atoms with Crippen LogP contribution in [0.4, 0.5) is 36.4 Å². The number of methoxy groups -OCH3 is 2. The van der Waals surface area contributed by atoms with Crippen molar-refractivity contribution >= 4 is 15.7 Å². The van der Waals surface area contributed by atoms with Gasteiger partial charge in [-0.2, -0.15) is 13.2 Å². The lowest BCUT2D eigenvalue weighted by Gasteiger charge is -2.20. The molecule has 0 amide bonds. The van der Waals surface area contributed by atoms with E-state index in [0.29, 0.717) is 12.1 Å². The average molecular weight is 509 g/mol. The van der Waals surface area contributed by atoms with Gasteiger partial charge in [0.1, 0.15) is 17.1 Å². The maximum absolute atomic E-state index is 14.9. The molecule has 0 unspecified atom stereocenters. The number of hydrogen-bond acceptors (Lipinski definition) is 4. The van der Waals surface area contributed by atoms with E-state index in [0.717, 1.165) is 26.4 Å². The third kappa shape index (κ3) is 4.47. The van der Waals surface area contributed by atoms with E-state index in [1.54, 1.807) is 4.72 Å². The highest BCUT2D eigenvalue weighted by Gasteiger charge is 2.39. The number of nitrogens with one attached hydrogen (secondary N) is 1. The van der Waals surface area contributed by atoms with Gasteiger partial charge in [-0.1, -0.05) is 18.2 Å². The fourth-order valence-corrected chi connectivity index (χ4v) is 4.22. The van der Waals surface area contributed by atoms with Crippen LogP contribution in [0.5, 0.6) is 11.5 Å². The molecule has 0 heterocycles. The van der Waals surface area contributed by atoms with Gasteiger partial charge in [0.05, 0.1) is 24.8 Å². The molecule has 3 rings (SSSR count). The maximum Gasteiger partial charge on any atom is 0.423 e. The highest BCUT2D eigenvalue weighted by Crippen LogP contribution is 2.47. The summed E-state index contributed by atoms with van der Waals surface area (Å²) in [4.78, 5) is -0.437. The maximum atomic E-state index is 14.9. The second kappa shape index (κ2) is 9.05. The van der Waals surface area contributed by atoms with Crippen molar-refractivity contribution in [3.8, 4) is 22.6 Å².